The van der Waals surface area contributed by atoms with E-state index in [0.717, 1.165) is 10.8 Å². The highest BCUT2D eigenvalue weighted by atomic mass is 16.2. The van der Waals surface area contributed by atoms with Crippen molar-refractivity contribution in [3.8, 4) is 0 Å². The normalized spacial score (nSPS) is 10.1. The van der Waals surface area contributed by atoms with Gasteiger partial charge in [-0.15, -0.1) is 0 Å². The minimum atomic E-state index is -0.439. The molecule has 98 valence electrons. The summed E-state index contributed by atoms with van der Waals surface area (Å²) in [7, 11) is 0. The van der Waals surface area contributed by atoms with Crippen LogP contribution in [0.25, 0.3) is 10.8 Å². The summed E-state index contributed by atoms with van der Waals surface area (Å²) in [6, 6.07) is 13.2. The third-order valence-electron chi connectivity index (χ3n) is 2.66. The molecule has 0 atom stereocenters. The molecular weight excluding hydrogens is 242 g/mol. The number of urea groups is 1. The molecule has 0 bridgehead atoms. The van der Waals surface area contributed by atoms with E-state index in [9.17, 15) is 9.59 Å². The van der Waals surface area contributed by atoms with Gasteiger partial charge in [-0.1, -0.05) is 30.3 Å². The van der Waals surface area contributed by atoms with Gasteiger partial charge in [0.1, 0.15) is 0 Å². The lowest BCUT2D eigenvalue weighted by Crippen LogP contribution is -2.31. The Morgan fingerprint density at radius 2 is 1.79 bits per heavy atom. The van der Waals surface area contributed by atoms with Gasteiger partial charge in [-0.3, -0.25) is 4.79 Å². The van der Waals surface area contributed by atoms with Crippen LogP contribution in [-0.2, 0) is 4.79 Å². The molecule has 0 aliphatic heterocycles. The van der Waals surface area contributed by atoms with Crippen LogP contribution in [0.3, 0.4) is 0 Å². The average Bonchev–Trinajstić information content (AvgIpc) is 2.38. The van der Waals surface area contributed by atoms with Gasteiger partial charge in [0.2, 0.25) is 5.91 Å². The van der Waals surface area contributed by atoms with Gasteiger partial charge < -0.3 is 16.4 Å². The van der Waals surface area contributed by atoms with Gasteiger partial charge >= 0.3 is 6.03 Å². The van der Waals surface area contributed by atoms with E-state index in [1.54, 1.807) is 0 Å². The third kappa shape index (κ3) is 3.70. The molecule has 0 aliphatic rings. The number of carbonyl (C=O) groups excluding carboxylic acids is 2. The Hall–Kier alpha value is -2.56. The van der Waals surface area contributed by atoms with E-state index in [2.05, 4.69) is 10.6 Å². The molecule has 0 spiro atoms. The number of primary amides is 1. The summed E-state index contributed by atoms with van der Waals surface area (Å²) < 4.78 is 0. The number of rotatable bonds is 4. The van der Waals surface area contributed by atoms with Crippen molar-refractivity contribution in [3.05, 3.63) is 42.5 Å². The number of nitrogens with two attached hydrogens (primary N) is 1. The summed E-state index contributed by atoms with van der Waals surface area (Å²) in [5.41, 5.74) is 5.69. The van der Waals surface area contributed by atoms with Crippen molar-refractivity contribution in [1.82, 2.24) is 5.32 Å². The Labute approximate surface area is 110 Å². The van der Waals surface area contributed by atoms with E-state index in [4.69, 9.17) is 5.73 Å². The Balaban J connectivity index is 1.97. The molecule has 4 N–H and O–H groups in total. The second-order valence-electron chi connectivity index (χ2n) is 4.16. The van der Waals surface area contributed by atoms with E-state index in [1.807, 2.05) is 42.5 Å². The van der Waals surface area contributed by atoms with Gasteiger partial charge in [-0.05, 0) is 22.9 Å². The van der Waals surface area contributed by atoms with Gasteiger partial charge in [0.15, 0.2) is 0 Å². The van der Waals surface area contributed by atoms with Crippen molar-refractivity contribution in [1.29, 1.82) is 0 Å². The number of benzene rings is 2. The quantitative estimate of drug-likeness (QED) is 0.780. The number of hydrogen-bond acceptors (Lipinski definition) is 2. The highest BCUT2D eigenvalue weighted by Crippen LogP contribution is 2.18. The lowest BCUT2D eigenvalue weighted by Gasteiger charge is -2.07. The number of nitrogens with one attached hydrogen (secondary N) is 2. The monoisotopic (exact) mass is 257 g/mol. The number of carbonyl (C=O) groups is 2. The number of fused-ring (bicyclic) bond motifs is 1. The molecule has 0 saturated carbocycles. The van der Waals surface area contributed by atoms with Gasteiger partial charge in [0.25, 0.3) is 0 Å². The van der Waals surface area contributed by atoms with Crippen molar-refractivity contribution in [3.63, 3.8) is 0 Å². The summed E-state index contributed by atoms with van der Waals surface area (Å²) >= 11 is 0. The molecule has 5 nitrogen and oxygen atoms in total. The lowest BCUT2D eigenvalue weighted by molar-refractivity contribution is -0.117. The van der Waals surface area contributed by atoms with E-state index < -0.39 is 5.91 Å². The topological polar surface area (TPSA) is 84.2 Å². The summed E-state index contributed by atoms with van der Waals surface area (Å²) in [6.45, 7) is 0.231. The zero-order valence-electron chi connectivity index (χ0n) is 10.3. The van der Waals surface area contributed by atoms with Gasteiger partial charge in [0.05, 0.1) is 0 Å². The van der Waals surface area contributed by atoms with Crippen molar-refractivity contribution in [2.45, 2.75) is 6.42 Å². The zero-order chi connectivity index (χ0) is 13.7. The average molecular weight is 257 g/mol. The van der Waals surface area contributed by atoms with Crippen LogP contribution in [-0.4, -0.2) is 18.5 Å². The maximum Gasteiger partial charge on any atom is 0.319 e. The van der Waals surface area contributed by atoms with Crippen LogP contribution < -0.4 is 16.4 Å². The standard InChI is InChI=1S/C14H15N3O2/c15-13(18)7-8-16-14(19)17-12-6-5-10-3-1-2-4-11(10)9-12/h1-6,9H,7-8H2,(H2,15,18)(H2,16,17,19). The first-order chi connectivity index (χ1) is 9.15. The fourth-order valence-corrected chi connectivity index (χ4v) is 1.74. The Bertz CT molecular complexity index is 610. The molecule has 2 rings (SSSR count). The number of amides is 3. The minimum Gasteiger partial charge on any atom is -0.370 e. The van der Waals surface area contributed by atoms with Crippen molar-refractivity contribution in [2.75, 3.05) is 11.9 Å². The Morgan fingerprint density at radius 3 is 2.53 bits per heavy atom. The first-order valence-electron chi connectivity index (χ1n) is 5.97. The molecule has 0 heterocycles. The minimum absolute atomic E-state index is 0.130. The summed E-state index contributed by atoms with van der Waals surface area (Å²) in [6.07, 6.45) is 0.130. The van der Waals surface area contributed by atoms with Crippen molar-refractivity contribution < 1.29 is 9.59 Å². The van der Waals surface area contributed by atoms with E-state index >= 15 is 0 Å². The highest BCUT2D eigenvalue weighted by molar-refractivity contribution is 5.93. The summed E-state index contributed by atoms with van der Waals surface area (Å²) in [4.78, 5) is 22.1. The van der Waals surface area contributed by atoms with Crippen molar-refractivity contribution >= 4 is 28.4 Å². The molecule has 0 unspecified atom stereocenters. The molecule has 0 radical (unpaired) electrons. The second kappa shape index (κ2) is 5.86. The lowest BCUT2D eigenvalue weighted by atomic mass is 10.1. The molecule has 2 aromatic carbocycles. The highest BCUT2D eigenvalue weighted by Gasteiger charge is 2.02. The predicted molar refractivity (Wildman–Crippen MR) is 74.8 cm³/mol. The van der Waals surface area contributed by atoms with E-state index in [0.29, 0.717) is 5.69 Å². The zero-order valence-corrected chi connectivity index (χ0v) is 10.3. The smallest absolute Gasteiger partial charge is 0.319 e. The first-order valence-corrected chi connectivity index (χ1v) is 5.97. The fourth-order valence-electron chi connectivity index (χ4n) is 1.74. The molecule has 3 amide bonds. The number of hydrogen-bond donors (Lipinski definition) is 3. The van der Waals surface area contributed by atoms with Crippen LogP contribution in [0, 0.1) is 0 Å². The Kier molecular flexibility index (Phi) is 3.97. The molecule has 5 heteroatoms. The molecule has 0 saturated heterocycles. The van der Waals surface area contributed by atoms with E-state index in [1.165, 1.54) is 0 Å². The molecular formula is C14H15N3O2. The van der Waals surface area contributed by atoms with Crippen molar-refractivity contribution in [2.24, 2.45) is 5.73 Å². The predicted octanol–water partition coefficient (Wildman–Crippen LogP) is 1.84. The van der Waals surface area contributed by atoms with Crippen LogP contribution in [0.15, 0.2) is 42.5 Å². The molecule has 19 heavy (non-hydrogen) atoms. The SMILES string of the molecule is NC(=O)CCNC(=O)Nc1ccc2ccccc2c1. The van der Waals surface area contributed by atoms with Gasteiger partial charge in [0, 0.05) is 18.7 Å². The second-order valence-corrected chi connectivity index (χ2v) is 4.16. The first kappa shape index (κ1) is 12.9. The van der Waals surface area contributed by atoms with Crippen LogP contribution in [0.5, 0.6) is 0 Å². The van der Waals surface area contributed by atoms with Gasteiger partial charge in [-0.25, -0.2) is 4.79 Å². The fraction of sp³-hybridized carbons (Fsp3) is 0.143. The number of anilines is 1. The largest absolute Gasteiger partial charge is 0.370 e. The van der Waals surface area contributed by atoms with E-state index in [-0.39, 0.29) is 19.0 Å². The summed E-state index contributed by atoms with van der Waals surface area (Å²) in [5.74, 6) is -0.439. The maximum atomic E-state index is 11.6. The van der Waals surface area contributed by atoms with Crippen LogP contribution in [0.2, 0.25) is 0 Å². The van der Waals surface area contributed by atoms with Crippen LogP contribution in [0.4, 0.5) is 10.5 Å². The Morgan fingerprint density at radius 1 is 1.05 bits per heavy atom. The van der Waals surface area contributed by atoms with Crippen LogP contribution >= 0.6 is 0 Å². The molecule has 0 aromatic heterocycles. The maximum absolute atomic E-state index is 11.6. The molecule has 2 aromatic rings. The molecule has 0 aliphatic carbocycles. The summed E-state index contributed by atoms with van der Waals surface area (Å²) in [5, 5.41) is 7.43. The third-order valence-corrected chi connectivity index (χ3v) is 2.66. The van der Waals surface area contributed by atoms with Crippen LogP contribution in [0.1, 0.15) is 6.42 Å². The molecule has 0 fully saturated rings. The van der Waals surface area contributed by atoms with Gasteiger partial charge in [-0.2, -0.15) is 0 Å².